The number of carbonyl (C=O) groups excluding carboxylic acids is 2. The molecule has 2 heterocycles. The standard InChI is InChI=1S/C14H12N6O3/c21-9(7-12(22)17-14-15-3-4-16-20-14)5-8-1-2-10-11(6-8)18-19-13(10)23/h1-4,6H,5,7H2,(H2,18,19,23)(H,15,17,20,22). The highest BCUT2D eigenvalue weighted by molar-refractivity contribution is 6.04. The van der Waals surface area contributed by atoms with Crippen molar-refractivity contribution < 1.29 is 9.59 Å². The molecule has 1 aromatic carbocycles. The Kier molecular flexibility index (Phi) is 3.91. The number of H-pyrrole nitrogens is 2. The lowest BCUT2D eigenvalue weighted by atomic mass is 10.1. The third-order valence-corrected chi connectivity index (χ3v) is 3.13. The number of benzene rings is 1. The molecule has 9 nitrogen and oxygen atoms in total. The van der Waals surface area contributed by atoms with Crippen LogP contribution in [0.25, 0.3) is 10.9 Å². The summed E-state index contributed by atoms with van der Waals surface area (Å²) in [5.74, 6) is -0.709. The summed E-state index contributed by atoms with van der Waals surface area (Å²) in [6, 6.07) is 5.02. The molecular formula is C14H12N6O3. The molecule has 0 aliphatic rings. The zero-order valence-corrected chi connectivity index (χ0v) is 11.9. The molecule has 0 fully saturated rings. The van der Waals surface area contributed by atoms with E-state index in [1.54, 1.807) is 18.2 Å². The molecule has 0 bridgehead atoms. The van der Waals surface area contributed by atoms with Crippen LogP contribution in [0, 0.1) is 0 Å². The molecule has 0 radical (unpaired) electrons. The minimum atomic E-state index is -0.501. The summed E-state index contributed by atoms with van der Waals surface area (Å²) in [4.78, 5) is 38.9. The van der Waals surface area contributed by atoms with Gasteiger partial charge in [0.1, 0.15) is 5.78 Å². The first kappa shape index (κ1) is 14.6. The number of hydrogen-bond acceptors (Lipinski definition) is 6. The Morgan fingerprint density at radius 3 is 2.83 bits per heavy atom. The van der Waals surface area contributed by atoms with Crippen molar-refractivity contribution in [2.24, 2.45) is 0 Å². The lowest BCUT2D eigenvalue weighted by Crippen LogP contribution is -2.19. The van der Waals surface area contributed by atoms with E-state index in [1.165, 1.54) is 12.4 Å². The molecule has 23 heavy (non-hydrogen) atoms. The number of anilines is 1. The molecule has 116 valence electrons. The molecule has 0 spiro atoms. The topological polar surface area (TPSA) is 133 Å². The molecule has 0 saturated carbocycles. The molecule has 3 rings (SSSR count). The van der Waals surface area contributed by atoms with Gasteiger partial charge < -0.3 is 0 Å². The summed E-state index contributed by atoms with van der Waals surface area (Å²) in [6.45, 7) is 0. The van der Waals surface area contributed by atoms with Crippen LogP contribution >= 0.6 is 0 Å². The number of amides is 1. The minimum Gasteiger partial charge on any atom is -0.299 e. The van der Waals surface area contributed by atoms with Crippen molar-refractivity contribution in [3.8, 4) is 0 Å². The second kappa shape index (κ2) is 6.18. The Labute approximate surface area is 129 Å². The van der Waals surface area contributed by atoms with Crippen LogP contribution in [0.15, 0.2) is 35.4 Å². The average molecular weight is 312 g/mol. The number of carbonyl (C=O) groups is 2. The van der Waals surface area contributed by atoms with Crippen LogP contribution in [0.1, 0.15) is 12.0 Å². The van der Waals surface area contributed by atoms with Crippen molar-refractivity contribution in [1.82, 2.24) is 25.4 Å². The zero-order valence-electron chi connectivity index (χ0n) is 11.9. The Balaban J connectivity index is 1.61. The van der Waals surface area contributed by atoms with Crippen molar-refractivity contribution in [2.75, 3.05) is 5.32 Å². The van der Waals surface area contributed by atoms with E-state index in [0.717, 1.165) is 0 Å². The summed E-state index contributed by atoms with van der Waals surface area (Å²) in [7, 11) is 0. The first-order valence-electron chi connectivity index (χ1n) is 6.76. The Morgan fingerprint density at radius 1 is 1.17 bits per heavy atom. The fraction of sp³-hybridized carbons (Fsp3) is 0.143. The number of hydrogen-bond donors (Lipinski definition) is 3. The van der Waals surface area contributed by atoms with Gasteiger partial charge in [-0.15, -0.1) is 5.10 Å². The van der Waals surface area contributed by atoms with E-state index in [9.17, 15) is 14.4 Å². The van der Waals surface area contributed by atoms with Crippen LogP contribution in [0.3, 0.4) is 0 Å². The summed E-state index contributed by atoms with van der Waals surface area (Å²) < 4.78 is 0. The maximum atomic E-state index is 12.0. The first-order chi connectivity index (χ1) is 11.1. The lowest BCUT2D eigenvalue weighted by molar-refractivity contribution is -0.125. The van der Waals surface area contributed by atoms with Crippen molar-refractivity contribution in [3.05, 3.63) is 46.5 Å². The molecule has 0 saturated heterocycles. The smallest absolute Gasteiger partial charge is 0.271 e. The fourth-order valence-corrected chi connectivity index (χ4v) is 2.14. The summed E-state index contributed by atoms with van der Waals surface area (Å²) in [5.41, 5.74) is 1.12. The molecule has 9 heteroatoms. The maximum Gasteiger partial charge on any atom is 0.271 e. The van der Waals surface area contributed by atoms with E-state index in [2.05, 4.69) is 30.7 Å². The van der Waals surface area contributed by atoms with Crippen molar-refractivity contribution >= 4 is 28.5 Å². The van der Waals surface area contributed by atoms with E-state index in [-0.39, 0.29) is 30.1 Å². The summed E-state index contributed by atoms with van der Waals surface area (Å²) >= 11 is 0. The van der Waals surface area contributed by atoms with Gasteiger partial charge in [0.2, 0.25) is 11.9 Å². The number of aromatic nitrogens is 5. The third kappa shape index (κ3) is 3.46. The van der Waals surface area contributed by atoms with Gasteiger partial charge in [-0.3, -0.25) is 29.9 Å². The molecule has 1 amide bonds. The maximum absolute atomic E-state index is 12.0. The van der Waals surface area contributed by atoms with E-state index < -0.39 is 5.91 Å². The fourth-order valence-electron chi connectivity index (χ4n) is 2.14. The highest BCUT2D eigenvalue weighted by Crippen LogP contribution is 2.11. The lowest BCUT2D eigenvalue weighted by Gasteiger charge is -2.03. The number of nitrogens with zero attached hydrogens (tertiary/aromatic N) is 3. The normalized spacial score (nSPS) is 10.6. The number of fused-ring (bicyclic) bond motifs is 1. The SMILES string of the molecule is O=C(CC(=O)Nc1nccnn1)Cc1ccc2c(=O)[nH][nH]c2c1. The van der Waals surface area contributed by atoms with Gasteiger partial charge in [0.15, 0.2) is 0 Å². The van der Waals surface area contributed by atoms with Gasteiger partial charge in [-0.05, 0) is 17.7 Å². The van der Waals surface area contributed by atoms with Crippen LogP contribution < -0.4 is 10.9 Å². The van der Waals surface area contributed by atoms with Crippen LogP contribution in [0.4, 0.5) is 5.95 Å². The second-order valence-electron chi connectivity index (χ2n) is 4.87. The Morgan fingerprint density at radius 2 is 2.04 bits per heavy atom. The monoisotopic (exact) mass is 312 g/mol. The molecule has 3 N–H and O–H groups in total. The molecule has 0 aliphatic heterocycles. The van der Waals surface area contributed by atoms with Crippen LogP contribution in [0.2, 0.25) is 0 Å². The van der Waals surface area contributed by atoms with Gasteiger partial charge in [0, 0.05) is 6.42 Å². The summed E-state index contributed by atoms with van der Waals surface area (Å²) in [6.07, 6.45) is 2.56. The Bertz CT molecular complexity index is 915. The van der Waals surface area contributed by atoms with Gasteiger partial charge in [-0.25, -0.2) is 4.98 Å². The van der Waals surface area contributed by atoms with E-state index in [4.69, 9.17) is 0 Å². The number of nitrogens with one attached hydrogen (secondary N) is 3. The molecular weight excluding hydrogens is 300 g/mol. The van der Waals surface area contributed by atoms with Gasteiger partial charge >= 0.3 is 0 Å². The predicted molar refractivity (Wildman–Crippen MR) is 80.7 cm³/mol. The summed E-state index contributed by atoms with van der Waals surface area (Å²) in [5, 5.41) is 15.3. The van der Waals surface area contributed by atoms with E-state index in [0.29, 0.717) is 16.5 Å². The predicted octanol–water partition coefficient (Wildman–Crippen LogP) is 0.182. The van der Waals surface area contributed by atoms with Crippen LogP contribution in [0.5, 0.6) is 0 Å². The quantitative estimate of drug-likeness (QED) is 0.575. The number of Topliss-reactive ketones (excluding diaryl/α,β-unsaturated/α-hetero) is 1. The van der Waals surface area contributed by atoms with Crippen molar-refractivity contribution in [1.29, 1.82) is 0 Å². The van der Waals surface area contributed by atoms with Gasteiger partial charge in [0.05, 0.1) is 29.7 Å². The third-order valence-electron chi connectivity index (χ3n) is 3.13. The Hall–Kier alpha value is -3.36. The zero-order chi connectivity index (χ0) is 16.2. The number of ketones is 1. The average Bonchev–Trinajstić information content (AvgIpc) is 2.89. The first-order valence-corrected chi connectivity index (χ1v) is 6.76. The second-order valence-corrected chi connectivity index (χ2v) is 4.87. The van der Waals surface area contributed by atoms with Crippen LogP contribution in [-0.4, -0.2) is 37.1 Å². The molecule has 0 aliphatic carbocycles. The minimum absolute atomic E-state index is 0.0524. The molecule has 3 aromatic rings. The number of rotatable bonds is 5. The van der Waals surface area contributed by atoms with Gasteiger partial charge in [0.25, 0.3) is 5.56 Å². The number of aromatic amines is 2. The molecule has 2 aromatic heterocycles. The highest BCUT2D eigenvalue weighted by atomic mass is 16.2. The van der Waals surface area contributed by atoms with Gasteiger partial charge in [-0.2, -0.15) is 5.10 Å². The van der Waals surface area contributed by atoms with E-state index in [1.807, 2.05) is 0 Å². The largest absolute Gasteiger partial charge is 0.299 e. The van der Waals surface area contributed by atoms with Crippen molar-refractivity contribution in [3.63, 3.8) is 0 Å². The van der Waals surface area contributed by atoms with Crippen molar-refractivity contribution in [2.45, 2.75) is 12.8 Å². The molecule has 0 atom stereocenters. The molecule has 0 unspecified atom stereocenters. The van der Waals surface area contributed by atoms with Crippen LogP contribution in [-0.2, 0) is 16.0 Å². The highest BCUT2D eigenvalue weighted by Gasteiger charge is 2.12. The van der Waals surface area contributed by atoms with E-state index >= 15 is 0 Å². The van der Waals surface area contributed by atoms with Gasteiger partial charge in [-0.1, -0.05) is 6.07 Å².